The Morgan fingerprint density at radius 1 is 0.952 bits per heavy atom. The molecule has 3 rings (SSSR count). The Morgan fingerprint density at radius 3 is 2.48 bits per heavy atom. The lowest BCUT2D eigenvalue weighted by atomic mass is 10.1. The second kappa shape index (κ2) is 5.75. The standard InChI is InChI=1S/C18H14O3/c19-15(11-10-13-6-2-1-3-7-13)18-12-16(20)14-8-4-5-9-17(14)21-18/h1-9,12H,10-11H2. The number of hydrogen-bond acceptors (Lipinski definition) is 3. The first-order valence-corrected chi connectivity index (χ1v) is 6.84. The SMILES string of the molecule is O=C(CCc1ccccc1)c1cc(=O)c2ccccc2o1. The molecular weight excluding hydrogens is 264 g/mol. The van der Waals surface area contributed by atoms with E-state index in [2.05, 4.69) is 0 Å². The lowest BCUT2D eigenvalue weighted by Gasteiger charge is -2.03. The van der Waals surface area contributed by atoms with Crippen LogP contribution < -0.4 is 5.43 Å². The molecule has 0 radical (unpaired) electrons. The van der Waals surface area contributed by atoms with Crippen molar-refractivity contribution in [2.24, 2.45) is 0 Å². The van der Waals surface area contributed by atoms with Crippen LogP contribution in [-0.2, 0) is 6.42 Å². The van der Waals surface area contributed by atoms with Crippen LogP contribution in [0.15, 0.2) is 69.9 Å². The number of rotatable bonds is 4. The van der Waals surface area contributed by atoms with Crippen molar-refractivity contribution in [3.8, 4) is 0 Å². The van der Waals surface area contributed by atoms with Crippen molar-refractivity contribution >= 4 is 16.8 Å². The van der Waals surface area contributed by atoms with Crippen molar-refractivity contribution in [2.45, 2.75) is 12.8 Å². The van der Waals surface area contributed by atoms with Gasteiger partial charge in [-0.1, -0.05) is 42.5 Å². The maximum absolute atomic E-state index is 12.2. The van der Waals surface area contributed by atoms with E-state index in [1.165, 1.54) is 6.07 Å². The van der Waals surface area contributed by atoms with Crippen LogP contribution in [0.5, 0.6) is 0 Å². The number of aryl methyl sites for hydroxylation is 1. The Bertz CT molecular complexity index is 832. The smallest absolute Gasteiger partial charge is 0.198 e. The Morgan fingerprint density at radius 2 is 1.67 bits per heavy atom. The zero-order valence-electron chi connectivity index (χ0n) is 11.4. The minimum absolute atomic E-state index is 0.134. The average Bonchev–Trinajstić information content (AvgIpc) is 2.53. The molecule has 0 aliphatic carbocycles. The summed E-state index contributed by atoms with van der Waals surface area (Å²) in [6.07, 6.45) is 0.960. The fraction of sp³-hybridized carbons (Fsp3) is 0.111. The van der Waals surface area contributed by atoms with Crippen molar-refractivity contribution in [3.05, 3.63) is 82.2 Å². The molecule has 0 fully saturated rings. The predicted octanol–water partition coefficient (Wildman–Crippen LogP) is 3.61. The van der Waals surface area contributed by atoms with Crippen LogP contribution >= 0.6 is 0 Å². The molecule has 2 aromatic carbocycles. The lowest BCUT2D eigenvalue weighted by molar-refractivity contribution is 0.0956. The van der Waals surface area contributed by atoms with E-state index in [-0.39, 0.29) is 17.0 Å². The van der Waals surface area contributed by atoms with Gasteiger partial charge < -0.3 is 4.42 Å². The summed E-state index contributed by atoms with van der Waals surface area (Å²) in [5.41, 5.74) is 1.36. The van der Waals surface area contributed by atoms with Crippen LogP contribution in [0.4, 0.5) is 0 Å². The fourth-order valence-electron chi connectivity index (χ4n) is 2.27. The number of fused-ring (bicyclic) bond motifs is 1. The van der Waals surface area contributed by atoms with Gasteiger partial charge in [-0.15, -0.1) is 0 Å². The number of para-hydroxylation sites is 1. The van der Waals surface area contributed by atoms with Gasteiger partial charge in [0, 0.05) is 12.5 Å². The lowest BCUT2D eigenvalue weighted by Crippen LogP contribution is -2.07. The molecule has 0 amide bonds. The molecule has 3 nitrogen and oxygen atoms in total. The topological polar surface area (TPSA) is 47.3 Å². The molecule has 0 spiro atoms. The van der Waals surface area contributed by atoms with Gasteiger partial charge in [0.1, 0.15) is 5.58 Å². The van der Waals surface area contributed by atoms with E-state index < -0.39 is 0 Å². The summed E-state index contributed by atoms with van der Waals surface area (Å²) in [6.45, 7) is 0. The van der Waals surface area contributed by atoms with Gasteiger partial charge in [-0.3, -0.25) is 9.59 Å². The number of hydrogen-bond donors (Lipinski definition) is 0. The van der Waals surface area contributed by atoms with Gasteiger partial charge in [0.05, 0.1) is 5.39 Å². The second-order valence-corrected chi connectivity index (χ2v) is 4.88. The summed E-state index contributed by atoms with van der Waals surface area (Å²) < 4.78 is 5.54. The van der Waals surface area contributed by atoms with Crippen molar-refractivity contribution in [1.82, 2.24) is 0 Å². The highest BCUT2D eigenvalue weighted by Crippen LogP contribution is 2.14. The third-order valence-corrected chi connectivity index (χ3v) is 3.39. The summed E-state index contributed by atoms with van der Waals surface area (Å²) >= 11 is 0. The van der Waals surface area contributed by atoms with Crippen molar-refractivity contribution in [3.63, 3.8) is 0 Å². The molecule has 21 heavy (non-hydrogen) atoms. The summed E-state index contributed by atoms with van der Waals surface area (Å²) in [4.78, 5) is 24.1. The third kappa shape index (κ3) is 2.92. The van der Waals surface area contributed by atoms with E-state index >= 15 is 0 Å². The maximum atomic E-state index is 12.2. The highest BCUT2D eigenvalue weighted by atomic mass is 16.3. The zero-order chi connectivity index (χ0) is 14.7. The van der Waals surface area contributed by atoms with Gasteiger partial charge in [-0.2, -0.15) is 0 Å². The van der Waals surface area contributed by atoms with E-state index in [1.807, 2.05) is 30.3 Å². The monoisotopic (exact) mass is 278 g/mol. The second-order valence-electron chi connectivity index (χ2n) is 4.88. The first kappa shape index (κ1) is 13.3. The third-order valence-electron chi connectivity index (χ3n) is 3.39. The predicted molar refractivity (Wildman–Crippen MR) is 81.6 cm³/mol. The molecule has 0 bridgehead atoms. The molecule has 104 valence electrons. The zero-order valence-corrected chi connectivity index (χ0v) is 11.4. The van der Waals surface area contributed by atoms with Crippen LogP contribution in [0, 0.1) is 0 Å². The van der Waals surface area contributed by atoms with Crippen LogP contribution in [0.2, 0.25) is 0 Å². The molecular formula is C18H14O3. The maximum Gasteiger partial charge on any atom is 0.198 e. The molecule has 3 aromatic rings. The molecule has 1 heterocycles. The summed E-state index contributed by atoms with van der Waals surface area (Å²) in [5, 5.41) is 0.497. The Kier molecular flexibility index (Phi) is 3.65. The summed E-state index contributed by atoms with van der Waals surface area (Å²) in [6, 6.07) is 18.0. The van der Waals surface area contributed by atoms with E-state index in [9.17, 15) is 9.59 Å². The molecule has 0 saturated heterocycles. The minimum atomic E-state index is -0.181. The molecule has 0 aliphatic heterocycles. The number of ketones is 1. The van der Waals surface area contributed by atoms with E-state index in [4.69, 9.17) is 4.42 Å². The molecule has 1 aromatic heterocycles. The van der Waals surface area contributed by atoms with E-state index in [0.29, 0.717) is 23.8 Å². The van der Waals surface area contributed by atoms with Crippen LogP contribution in [-0.4, -0.2) is 5.78 Å². The van der Waals surface area contributed by atoms with Gasteiger partial charge >= 0.3 is 0 Å². The number of Topliss-reactive ketones (excluding diaryl/α,β-unsaturated/α-hetero) is 1. The number of benzene rings is 2. The molecule has 0 atom stereocenters. The summed E-state index contributed by atoms with van der Waals surface area (Å²) in [7, 11) is 0. The van der Waals surface area contributed by atoms with Crippen LogP contribution in [0.25, 0.3) is 11.0 Å². The van der Waals surface area contributed by atoms with Crippen molar-refractivity contribution in [1.29, 1.82) is 0 Å². The highest BCUT2D eigenvalue weighted by Gasteiger charge is 2.12. The molecule has 0 N–H and O–H groups in total. The largest absolute Gasteiger partial charge is 0.453 e. The first-order valence-electron chi connectivity index (χ1n) is 6.84. The molecule has 0 saturated carbocycles. The van der Waals surface area contributed by atoms with Gasteiger partial charge in [0.15, 0.2) is 17.0 Å². The first-order chi connectivity index (χ1) is 10.2. The van der Waals surface area contributed by atoms with Gasteiger partial charge in [0.2, 0.25) is 0 Å². The molecule has 3 heteroatoms. The van der Waals surface area contributed by atoms with Gasteiger partial charge in [-0.05, 0) is 24.1 Å². The Balaban J connectivity index is 1.83. The summed E-state index contributed by atoms with van der Waals surface area (Å²) in [5.74, 6) is -0.0173. The van der Waals surface area contributed by atoms with E-state index in [1.54, 1.807) is 24.3 Å². The normalized spacial score (nSPS) is 10.7. The number of carbonyl (C=O) groups excluding carboxylic acids is 1. The van der Waals surface area contributed by atoms with Gasteiger partial charge in [-0.25, -0.2) is 0 Å². The van der Waals surface area contributed by atoms with Crippen LogP contribution in [0.3, 0.4) is 0 Å². The quantitative estimate of drug-likeness (QED) is 0.685. The average molecular weight is 278 g/mol. The highest BCUT2D eigenvalue weighted by molar-refractivity contribution is 5.94. The van der Waals surface area contributed by atoms with Crippen LogP contribution in [0.1, 0.15) is 22.5 Å². The van der Waals surface area contributed by atoms with Crippen molar-refractivity contribution in [2.75, 3.05) is 0 Å². The molecule has 0 aliphatic rings. The molecule has 0 unspecified atom stereocenters. The van der Waals surface area contributed by atoms with E-state index in [0.717, 1.165) is 5.56 Å². The Labute approximate surface area is 121 Å². The number of carbonyl (C=O) groups is 1. The minimum Gasteiger partial charge on any atom is -0.453 e. The Hall–Kier alpha value is -2.68. The van der Waals surface area contributed by atoms with Gasteiger partial charge in [0.25, 0.3) is 0 Å². The fourth-order valence-corrected chi connectivity index (χ4v) is 2.27. The van der Waals surface area contributed by atoms with Crippen molar-refractivity contribution < 1.29 is 9.21 Å².